The van der Waals surface area contributed by atoms with E-state index in [9.17, 15) is 9.90 Å². The molecule has 0 saturated carbocycles. The molecule has 3 aromatic carbocycles. The number of aromatic hydroxyl groups is 1. The molecule has 0 aliphatic carbocycles. The number of phenols is 1. The van der Waals surface area contributed by atoms with E-state index in [1.165, 1.54) is 11.8 Å². The number of hydrogen-bond donors (Lipinski definition) is 1. The first-order valence-corrected chi connectivity index (χ1v) is 10.4. The first-order chi connectivity index (χ1) is 14.6. The minimum Gasteiger partial charge on any atom is -0.508 e. The standard InChI is InChI=1S/C23H20N4O2S/c1-26-22(17-12-14-20(28)15-13-17)24-25-23(26)30-16-21(29)27(18-8-4-2-5-9-18)19-10-6-3-7-11-19/h2-15,28H,16H2,1H3. The zero-order valence-corrected chi connectivity index (χ0v) is 17.2. The van der Waals surface area contributed by atoms with Gasteiger partial charge in [-0.05, 0) is 48.5 Å². The summed E-state index contributed by atoms with van der Waals surface area (Å²) in [5, 5.41) is 18.6. The summed E-state index contributed by atoms with van der Waals surface area (Å²) < 4.78 is 1.85. The van der Waals surface area contributed by atoms with Crippen molar-refractivity contribution in [3.8, 4) is 17.1 Å². The Kier molecular flexibility index (Phi) is 5.81. The van der Waals surface area contributed by atoms with Crippen LogP contribution in [0, 0.1) is 0 Å². The average Bonchev–Trinajstić information content (AvgIpc) is 3.15. The summed E-state index contributed by atoms with van der Waals surface area (Å²) in [6.45, 7) is 0. The number of carbonyl (C=O) groups excluding carboxylic acids is 1. The Labute approximate surface area is 178 Å². The molecule has 1 aromatic heterocycles. The predicted octanol–water partition coefficient (Wildman–Crippen LogP) is 4.64. The van der Waals surface area contributed by atoms with Gasteiger partial charge in [0.2, 0.25) is 5.91 Å². The van der Waals surface area contributed by atoms with Crippen molar-refractivity contribution in [3.05, 3.63) is 84.9 Å². The number of benzene rings is 3. The molecule has 0 atom stereocenters. The van der Waals surface area contributed by atoms with E-state index >= 15 is 0 Å². The second-order valence-electron chi connectivity index (χ2n) is 6.60. The number of phenolic OH excluding ortho intramolecular Hbond substituents is 1. The lowest BCUT2D eigenvalue weighted by Gasteiger charge is -2.22. The Morgan fingerprint density at radius 2 is 1.47 bits per heavy atom. The SMILES string of the molecule is Cn1c(SCC(=O)N(c2ccccc2)c2ccccc2)nnc1-c1ccc(O)cc1. The highest BCUT2D eigenvalue weighted by Crippen LogP contribution is 2.28. The van der Waals surface area contributed by atoms with Gasteiger partial charge in [-0.25, -0.2) is 0 Å². The van der Waals surface area contributed by atoms with Crippen LogP contribution in [0.1, 0.15) is 0 Å². The van der Waals surface area contributed by atoms with Gasteiger partial charge in [-0.3, -0.25) is 9.69 Å². The van der Waals surface area contributed by atoms with Gasteiger partial charge >= 0.3 is 0 Å². The van der Waals surface area contributed by atoms with E-state index in [-0.39, 0.29) is 17.4 Å². The Bertz CT molecular complexity index is 1090. The molecule has 1 N–H and O–H groups in total. The molecule has 0 bridgehead atoms. The summed E-state index contributed by atoms with van der Waals surface area (Å²) in [7, 11) is 1.86. The van der Waals surface area contributed by atoms with Gasteiger partial charge in [0.05, 0.1) is 5.75 Å². The predicted molar refractivity (Wildman–Crippen MR) is 119 cm³/mol. The van der Waals surface area contributed by atoms with Crippen LogP contribution in [-0.2, 0) is 11.8 Å². The van der Waals surface area contributed by atoms with Crippen LogP contribution in [0.25, 0.3) is 11.4 Å². The number of aromatic nitrogens is 3. The zero-order chi connectivity index (χ0) is 20.9. The number of amides is 1. The summed E-state index contributed by atoms with van der Waals surface area (Å²) in [5.41, 5.74) is 2.48. The van der Waals surface area contributed by atoms with Gasteiger partial charge in [0.25, 0.3) is 0 Å². The van der Waals surface area contributed by atoms with Crippen LogP contribution in [-0.4, -0.2) is 31.5 Å². The van der Waals surface area contributed by atoms with Crippen molar-refractivity contribution in [1.29, 1.82) is 0 Å². The van der Waals surface area contributed by atoms with E-state index in [4.69, 9.17) is 0 Å². The van der Waals surface area contributed by atoms with Crippen molar-refractivity contribution in [1.82, 2.24) is 14.8 Å². The minimum absolute atomic E-state index is 0.0495. The molecule has 6 nitrogen and oxygen atoms in total. The van der Waals surface area contributed by atoms with Crippen molar-refractivity contribution in [2.45, 2.75) is 5.16 Å². The number of nitrogens with zero attached hydrogens (tertiary/aromatic N) is 4. The molecule has 4 rings (SSSR count). The van der Waals surface area contributed by atoms with E-state index in [0.717, 1.165) is 16.9 Å². The van der Waals surface area contributed by atoms with Gasteiger partial charge in [-0.1, -0.05) is 48.2 Å². The Hall–Kier alpha value is -3.58. The molecule has 30 heavy (non-hydrogen) atoms. The van der Waals surface area contributed by atoms with Crippen molar-refractivity contribution in [3.63, 3.8) is 0 Å². The zero-order valence-electron chi connectivity index (χ0n) is 16.3. The van der Waals surface area contributed by atoms with Crippen LogP contribution < -0.4 is 4.90 Å². The van der Waals surface area contributed by atoms with Crippen molar-refractivity contribution >= 4 is 29.0 Å². The van der Waals surface area contributed by atoms with Crippen LogP contribution in [0.5, 0.6) is 5.75 Å². The molecule has 0 spiro atoms. The summed E-state index contributed by atoms with van der Waals surface area (Å²) >= 11 is 1.34. The van der Waals surface area contributed by atoms with Crippen molar-refractivity contribution in [2.24, 2.45) is 7.05 Å². The first-order valence-electron chi connectivity index (χ1n) is 9.38. The van der Waals surface area contributed by atoms with E-state index in [1.54, 1.807) is 29.2 Å². The number of anilines is 2. The fourth-order valence-electron chi connectivity index (χ4n) is 3.08. The number of rotatable bonds is 6. The van der Waals surface area contributed by atoms with E-state index in [1.807, 2.05) is 72.3 Å². The number of para-hydroxylation sites is 2. The normalized spacial score (nSPS) is 10.7. The van der Waals surface area contributed by atoms with Crippen LogP contribution in [0.3, 0.4) is 0 Å². The van der Waals surface area contributed by atoms with Gasteiger partial charge in [0.15, 0.2) is 11.0 Å². The Balaban J connectivity index is 1.54. The Morgan fingerprint density at radius 1 is 0.900 bits per heavy atom. The number of carbonyl (C=O) groups is 1. The van der Waals surface area contributed by atoms with Crippen molar-refractivity contribution < 1.29 is 9.90 Å². The fourth-order valence-corrected chi connectivity index (χ4v) is 3.84. The maximum atomic E-state index is 13.2. The van der Waals surface area contributed by atoms with E-state index < -0.39 is 0 Å². The molecular formula is C23H20N4O2S. The number of hydrogen-bond acceptors (Lipinski definition) is 5. The highest BCUT2D eigenvalue weighted by atomic mass is 32.2. The highest BCUT2D eigenvalue weighted by molar-refractivity contribution is 7.99. The quantitative estimate of drug-likeness (QED) is 0.464. The molecule has 7 heteroatoms. The molecule has 0 saturated heterocycles. The maximum Gasteiger partial charge on any atom is 0.242 e. The van der Waals surface area contributed by atoms with Gasteiger partial charge < -0.3 is 9.67 Å². The summed E-state index contributed by atoms with van der Waals surface area (Å²) in [6.07, 6.45) is 0. The van der Waals surface area contributed by atoms with Gasteiger partial charge in [-0.15, -0.1) is 10.2 Å². The molecule has 0 radical (unpaired) electrons. The summed E-state index contributed by atoms with van der Waals surface area (Å²) in [4.78, 5) is 14.9. The summed E-state index contributed by atoms with van der Waals surface area (Å²) in [5.74, 6) is 1.04. The fraction of sp³-hybridized carbons (Fsp3) is 0.0870. The highest BCUT2D eigenvalue weighted by Gasteiger charge is 2.20. The molecule has 1 heterocycles. The van der Waals surface area contributed by atoms with Gasteiger partial charge in [0, 0.05) is 24.0 Å². The van der Waals surface area contributed by atoms with Crippen LogP contribution in [0.4, 0.5) is 11.4 Å². The molecule has 4 aromatic rings. The first kappa shape index (κ1) is 19.7. The molecule has 150 valence electrons. The monoisotopic (exact) mass is 416 g/mol. The Morgan fingerprint density at radius 3 is 2.03 bits per heavy atom. The lowest BCUT2D eigenvalue weighted by atomic mass is 10.2. The lowest BCUT2D eigenvalue weighted by Crippen LogP contribution is -2.27. The second-order valence-corrected chi connectivity index (χ2v) is 7.54. The van der Waals surface area contributed by atoms with Gasteiger partial charge in [-0.2, -0.15) is 0 Å². The third-order valence-corrected chi connectivity index (χ3v) is 5.57. The second kappa shape index (κ2) is 8.84. The number of thioether (sulfide) groups is 1. The lowest BCUT2D eigenvalue weighted by molar-refractivity contribution is -0.115. The molecule has 0 aliphatic rings. The van der Waals surface area contributed by atoms with Crippen LogP contribution in [0.15, 0.2) is 90.1 Å². The molecular weight excluding hydrogens is 396 g/mol. The molecule has 0 unspecified atom stereocenters. The van der Waals surface area contributed by atoms with E-state index in [0.29, 0.717) is 11.0 Å². The largest absolute Gasteiger partial charge is 0.508 e. The van der Waals surface area contributed by atoms with E-state index in [2.05, 4.69) is 10.2 Å². The third kappa shape index (κ3) is 4.21. The minimum atomic E-state index is -0.0495. The maximum absolute atomic E-state index is 13.2. The molecule has 1 amide bonds. The molecule has 0 aliphatic heterocycles. The third-order valence-electron chi connectivity index (χ3n) is 4.56. The molecule has 0 fully saturated rings. The van der Waals surface area contributed by atoms with Gasteiger partial charge in [0.1, 0.15) is 5.75 Å². The summed E-state index contributed by atoms with van der Waals surface area (Å²) in [6, 6.07) is 26.0. The van der Waals surface area contributed by atoms with Crippen LogP contribution in [0.2, 0.25) is 0 Å². The van der Waals surface area contributed by atoms with Crippen LogP contribution >= 0.6 is 11.8 Å². The van der Waals surface area contributed by atoms with Crippen molar-refractivity contribution in [2.75, 3.05) is 10.7 Å². The smallest absolute Gasteiger partial charge is 0.242 e. The topological polar surface area (TPSA) is 71.2 Å². The average molecular weight is 417 g/mol.